The molecule has 1 aliphatic heterocycles. The van der Waals surface area contributed by atoms with Gasteiger partial charge in [0, 0.05) is 30.4 Å². The number of ether oxygens (including phenoxy) is 2. The normalized spacial score (nSPS) is 18.5. The lowest BCUT2D eigenvalue weighted by Crippen LogP contribution is -2.54. The van der Waals surface area contributed by atoms with Crippen LogP contribution in [0.1, 0.15) is 18.9 Å². The van der Waals surface area contributed by atoms with Crippen LogP contribution in [0.2, 0.25) is 0 Å². The molecule has 1 heterocycles. The quantitative estimate of drug-likeness (QED) is 0.916. The lowest BCUT2D eigenvalue weighted by molar-refractivity contribution is -0.129. The maximum absolute atomic E-state index is 12.1. The molecule has 1 saturated heterocycles. The van der Waals surface area contributed by atoms with Crippen LogP contribution < -0.4 is 14.8 Å². The second-order valence-corrected chi connectivity index (χ2v) is 6.00. The molecule has 5 heteroatoms. The number of benzene rings is 2. The second-order valence-electron chi connectivity index (χ2n) is 6.00. The van der Waals surface area contributed by atoms with Crippen molar-refractivity contribution in [2.24, 2.45) is 0 Å². The Labute approximate surface area is 142 Å². The molecular weight excluding hydrogens is 304 g/mol. The highest BCUT2D eigenvalue weighted by atomic mass is 16.5. The number of piperazine rings is 1. The molecule has 0 unspecified atom stereocenters. The third-order valence-corrected chi connectivity index (χ3v) is 4.69. The zero-order valence-corrected chi connectivity index (χ0v) is 14.5. The molecule has 0 aromatic heterocycles. The predicted molar refractivity (Wildman–Crippen MR) is 94.6 cm³/mol. The highest BCUT2D eigenvalue weighted by molar-refractivity contribution is 5.96. The Morgan fingerprint density at radius 3 is 2.67 bits per heavy atom. The third kappa shape index (κ3) is 2.91. The molecule has 128 valence electrons. The maximum atomic E-state index is 12.1. The number of carbonyl (C=O) groups is 1. The van der Waals surface area contributed by atoms with Gasteiger partial charge in [-0.15, -0.1) is 0 Å². The van der Waals surface area contributed by atoms with E-state index in [2.05, 4.69) is 23.2 Å². The Morgan fingerprint density at radius 2 is 1.96 bits per heavy atom. The van der Waals surface area contributed by atoms with Gasteiger partial charge in [-0.1, -0.05) is 25.1 Å². The first-order chi connectivity index (χ1) is 11.7. The third-order valence-electron chi connectivity index (χ3n) is 4.69. The Kier molecular flexibility index (Phi) is 4.90. The van der Waals surface area contributed by atoms with Gasteiger partial charge in [-0.2, -0.15) is 0 Å². The molecule has 0 spiro atoms. The zero-order chi connectivity index (χ0) is 17.1. The molecule has 0 radical (unpaired) electrons. The highest BCUT2D eigenvalue weighted by Crippen LogP contribution is 2.35. The molecule has 5 nitrogen and oxygen atoms in total. The Hall–Kier alpha value is -2.27. The van der Waals surface area contributed by atoms with E-state index in [0.717, 1.165) is 40.8 Å². The van der Waals surface area contributed by atoms with Crippen LogP contribution in [0, 0.1) is 0 Å². The van der Waals surface area contributed by atoms with E-state index in [1.54, 1.807) is 14.2 Å². The van der Waals surface area contributed by atoms with E-state index >= 15 is 0 Å². The molecule has 0 aliphatic carbocycles. The molecule has 1 fully saturated rings. The fourth-order valence-electron chi connectivity index (χ4n) is 3.51. The van der Waals surface area contributed by atoms with Crippen LogP contribution in [0.25, 0.3) is 10.8 Å². The molecule has 0 saturated carbocycles. The van der Waals surface area contributed by atoms with Crippen molar-refractivity contribution in [1.29, 1.82) is 0 Å². The summed E-state index contributed by atoms with van der Waals surface area (Å²) in [7, 11) is 3.36. The first kappa shape index (κ1) is 16.6. The smallest absolute Gasteiger partial charge is 0.237 e. The van der Waals surface area contributed by atoms with Gasteiger partial charge in [0.25, 0.3) is 0 Å². The van der Waals surface area contributed by atoms with Crippen LogP contribution in [0.15, 0.2) is 30.3 Å². The zero-order valence-electron chi connectivity index (χ0n) is 14.5. The molecule has 1 aliphatic rings. The van der Waals surface area contributed by atoms with Crippen molar-refractivity contribution in [3.05, 3.63) is 35.9 Å². The van der Waals surface area contributed by atoms with Gasteiger partial charge in [-0.3, -0.25) is 9.69 Å². The van der Waals surface area contributed by atoms with Crippen LogP contribution >= 0.6 is 0 Å². The van der Waals surface area contributed by atoms with Crippen molar-refractivity contribution in [2.45, 2.75) is 25.9 Å². The van der Waals surface area contributed by atoms with Gasteiger partial charge in [0.2, 0.25) is 5.91 Å². The van der Waals surface area contributed by atoms with E-state index in [1.807, 2.05) is 24.3 Å². The number of hydrogen-bond acceptors (Lipinski definition) is 4. The largest absolute Gasteiger partial charge is 0.496 e. The van der Waals surface area contributed by atoms with E-state index in [0.29, 0.717) is 13.1 Å². The van der Waals surface area contributed by atoms with Crippen LogP contribution in [-0.2, 0) is 11.3 Å². The lowest BCUT2D eigenvalue weighted by Gasteiger charge is -2.34. The van der Waals surface area contributed by atoms with E-state index < -0.39 is 0 Å². The number of hydrogen-bond donors (Lipinski definition) is 1. The van der Waals surface area contributed by atoms with Crippen LogP contribution in [0.3, 0.4) is 0 Å². The molecular formula is C19H24N2O3. The monoisotopic (exact) mass is 328 g/mol. The van der Waals surface area contributed by atoms with Crippen LogP contribution in [0.5, 0.6) is 11.5 Å². The van der Waals surface area contributed by atoms with Crippen molar-refractivity contribution in [3.63, 3.8) is 0 Å². The summed E-state index contributed by atoms with van der Waals surface area (Å²) in [4.78, 5) is 14.4. The van der Waals surface area contributed by atoms with Gasteiger partial charge >= 0.3 is 0 Å². The van der Waals surface area contributed by atoms with Gasteiger partial charge in [0.1, 0.15) is 11.5 Å². The second kappa shape index (κ2) is 7.09. The van der Waals surface area contributed by atoms with E-state index in [4.69, 9.17) is 9.47 Å². The summed E-state index contributed by atoms with van der Waals surface area (Å²) < 4.78 is 11.1. The average Bonchev–Trinajstić information content (AvgIpc) is 2.61. The summed E-state index contributed by atoms with van der Waals surface area (Å²) in [5.41, 5.74) is 1.15. The molecule has 1 amide bonds. The van der Waals surface area contributed by atoms with Crippen molar-refractivity contribution in [2.75, 3.05) is 27.3 Å². The summed E-state index contributed by atoms with van der Waals surface area (Å²) in [5, 5.41) is 5.04. The van der Waals surface area contributed by atoms with Gasteiger partial charge in [-0.25, -0.2) is 0 Å². The standard InChI is InChI=1S/C19H24N2O3/c1-4-15-19(22)20-10-11-21(15)12-13-8-9-16(23-2)14-6-5-7-17(24-3)18(13)14/h5-9,15H,4,10-12H2,1-3H3,(H,20,22)/t15-/m0/s1. The Morgan fingerprint density at radius 1 is 1.17 bits per heavy atom. The number of carbonyl (C=O) groups excluding carboxylic acids is 1. The van der Waals surface area contributed by atoms with Crippen molar-refractivity contribution < 1.29 is 14.3 Å². The molecule has 2 aromatic rings. The molecule has 1 N–H and O–H groups in total. The number of nitrogens with one attached hydrogen (secondary N) is 1. The number of methoxy groups -OCH3 is 2. The molecule has 2 aromatic carbocycles. The van der Waals surface area contributed by atoms with Gasteiger partial charge < -0.3 is 14.8 Å². The fourth-order valence-corrected chi connectivity index (χ4v) is 3.51. The van der Waals surface area contributed by atoms with Crippen LogP contribution in [-0.4, -0.2) is 44.2 Å². The number of rotatable bonds is 5. The van der Waals surface area contributed by atoms with Gasteiger partial charge in [0.15, 0.2) is 0 Å². The number of amides is 1. The topological polar surface area (TPSA) is 50.8 Å². The predicted octanol–water partition coefficient (Wildman–Crippen LogP) is 2.57. The average molecular weight is 328 g/mol. The molecule has 1 atom stereocenters. The van der Waals surface area contributed by atoms with E-state index in [9.17, 15) is 4.79 Å². The van der Waals surface area contributed by atoms with Gasteiger partial charge in [0.05, 0.1) is 20.3 Å². The fraction of sp³-hybridized carbons (Fsp3) is 0.421. The number of fused-ring (bicyclic) bond motifs is 1. The summed E-state index contributed by atoms with van der Waals surface area (Å²) in [6.45, 7) is 4.32. The van der Waals surface area contributed by atoms with E-state index in [-0.39, 0.29) is 11.9 Å². The van der Waals surface area contributed by atoms with Crippen molar-refractivity contribution >= 4 is 16.7 Å². The molecule has 0 bridgehead atoms. The summed E-state index contributed by atoms with van der Waals surface area (Å²) in [6.07, 6.45) is 0.803. The minimum atomic E-state index is -0.0781. The Bertz CT molecular complexity index is 745. The molecule has 24 heavy (non-hydrogen) atoms. The highest BCUT2D eigenvalue weighted by Gasteiger charge is 2.28. The van der Waals surface area contributed by atoms with Crippen molar-refractivity contribution in [3.8, 4) is 11.5 Å². The van der Waals surface area contributed by atoms with Crippen molar-refractivity contribution in [1.82, 2.24) is 10.2 Å². The minimum Gasteiger partial charge on any atom is -0.496 e. The SMILES string of the molecule is CC[C@H]1C(=O)NCCN1Cc1ccc(OC)c2cccc(OC)c12. The summed E-state index contributed by atoms with van der Waals surface area (Å²) >= 11 is 0. The Balaban J connectivity index is 2.04. The summed E-state index contributed by atoms with van der Waals surface area (Å²) in [6, 6.07) is 9.96. The maximum Gasteiger partial charge on any atom is 0.237 e. The van der Waals surface area contributed by atoms with E-state index in [1.165, 1.54) is 0 Å². The summed E-state index contributed by atoms with van der Waals surface area (Å²) in [5.74, 6) is 1.78. The minimum absolute atomic E-state index is 0.0781. The lowest BCUT2D eigenvalue weighted by atomic mass is 10.0. The molecule has 3 rings (SSSR count). The number of nitrogens with zero attached hydrogens (tertiary/aromatic N) is 1. The van der Waals surface area contributed by atoms with Crippen LogP contribution in [0.4, 0.5) is 0 Å². The van der Waals surface area contributed by atoms with Gasteiger partial charge in [-0.05, 0) is 24.1 Å². The first-order valence-electron chi connectivity index (χ1n) is 8.34. The first-order valence-corrected chi connectivity index (χ1v) is 8.34.